The Balaban J connectivity index is 2.40. The number of hydrogen-bond donors (Lipinski definition) is 1. The monoisotopic (exact) mass is 278 g/mol. The Bertz CT molecular complexity index is 575. The first-order valence-electron chi connectivity index (χ1n) is 5.31. The van der Waals surface area contributed by atoms with Crippen LogP contribution in [0.5, 0.6) is 0 Å². The highest BCUT2D eigenvalue weighted by Gasteiger charge is 2.10. The molecule has 0 aliphatic carbocycles. The average molecular weight is 279 g/mol. The van der Waals surface area contributed by atoms with Gasteiger partial charge in [-0.25, -0.2) is 4.98 Å². The lowest BCUT2D eigenvalue weighted by atomic mass is 10.2. The van der Waals surface area contributed by atoms with E-state index in [-0.39, 0.29) is 0 Å². The van der Waals surface area contributed by atoms with E-state index < -0.39 is 0 Å². The third-order valence-corrected chi connectivity index (χ3v) is 3.91. The van der Waals surface area contributed by atoms with Crippen molar-refractivity contribution in [2.45, 2.75) is 16.5 Å². The highest BCUT2D eigenvalue weighted by atomic mass is 35.5. The fourth-order valence-corrected chi connectivity index (χ4v) is 2.84. The summed E-state index contributed by atoms with van der Waals surface area (Å²) >= 11 is 7.48. The van der Waals surface area contributed by atoms with E-state index in [2.05, 4.69) is 4.98 Å². The van der Waals surface area contributed by atoms with Gasteiger partial charge in [-0.2, -0.15) is 0 Å². The number of nitrogens with zero attached hydrogens (tertiary/aromatic N) is 1. The normalized spacial score (nSPS) is 10.3. The maximum absolute atomic E-state index is 10.9. The Morgan fingerprint density at radius 2 is 2.17 bits per heavy atom. The lowest BCUT2D eigenvalue weighted by Crippen LogP contribution is -2.00. The van der Waals surface area contributed by atoms with E-state index >= 15 is 0 Å². The number of carbonyl (C=O) groups is 1. The van der Waals surface area contributed by atoms with Crippen LogP contribution in [0.3, 0.4) is 0 Å². The maximum Gasteiger partial charge on any atom is 0.152 e. The van der Waals surface area contributed by atoms with E-state index in [1.54, 1.807) is 24.4 Å². The van der Waals surface area contributed by atoms with Crippen LogP contribution in [0, 0.1) is 0 Å². The van der Waals surface area contributed by atoms with Gasteiger partial charge in [0.05, 0.1) is 0 Å². The molecule has 3 nitrogen and oxygen atoms in total. The van der Waals surface area contributed by atoms with Gasteiger partial charge in [0.2, 0.25) is 0 Å². The van der Waals surface area contributed by atoms with Crippen molar-refractivity contribution in [1.82, 2.24) is 4.98 Å². The Morgan fingerprint density at radius 1 is 1.33 bits per heavy atom. The molecule has 1 heterocycles. The molecule has 0 atom stereocenters. The van der Waals surface area contributed by atoms with Gasteiger partial charge in [0, 0.05) is 28.2 Å². The third-order valence-electron chi connectivity index (χ3n) is 2.41. The van der Waals surface area contributed by atoms with E-state index in [4.69, 9.17) is 17.3 Å². The highest BCUT2D eigenvalue weighted by Crippen LogP contribution is 2.33. The molecule has 0 aliphatic rings. The molecule has 0 radical (unpaired) electrons. The minimum atomic E-state index is 0.352. The van der Waals surface area contributed by atoms with Crippen molar-refractivity contribution in [3.05, 3.63) is 52.7 Å². The zero-order valence-electron chi connectivity index (χ0n) is 9.47. The standard InChI is InChI=1S/C13H11ClN2OS/c14-11-4-1-5-12(10(11)7-15)18-13-9(8-17)3-2-6-16-13/h1-6,8H,7,15H2. The Hall–Kier alpha value is -1.36. The Morgan fingerprint density at radius 3 is 2.89 bits per heavy atom. The summed E-state index contributed by atoms with van der Waals surface area (Å²) in [4.78, 5) is 16.1. The summed E-state index contributed by atoms with van der Waals surface area (Å²) in [5.74, 6) is 0. The lowest BCUT2D eigenvalue weighted by molar-refractivity contribution is 0.112. The zero-order chi connectivity index (χ0) is 13.0. The number of aldehydes is 1. The molecule has 1 aromatic heterocycles. The summed E-state index contributed by atoms with van der Waals surface area (Å²) in [7, 11) is 0. The van der Waals surface area contributed by atoms with E-state index in [0.717, 1.165) is 16.7 Å². The number of pyridine rings is 1. The van der Waals surface area contributed by atoms with E-state index in [1.165, 1.54) is 11.8 Å². The second kappa shape index (κ2) is 6.00. The summed E-state index contributed by atoms with van der Waals surface area (Å²) in [6.45, 7) is 0.352. The molecular weight excluding hydrogens is 268 g/mol. The second-order valence-corrected chi connectivity index (χ2v) is 4.98. The largest absolute Gasteiger partial charge is 0.326 e. The second-order valence-electron chi connectivity index (χ2n) is 3.54. The molecule has 0 unspecified atom stereocenters. The number of aromatic nitrogens is 1. The van der Waals surface area contributed by atoms with E-state index in [9.17, 15) is 4.79 Å². The van der Waals surface area contributed by atoms with Gasteiger partial charge in [-0.05, 0) is 29.8 Å². The first-order valence-corrected chi connectivity index (χ1v) is 6.51. The van der Waals surface area contributed by atoms with Crippen molar-refractivity contribution < 1.29 is 4.79 Å². The molecule has 5 heteroatoms. The summed E-state index contributed by atoms with van der Waals surface area (Å²) < 4.78 is 0. The third kappa shape index (κ3) is 2.72. The van der Waals surface area contributed by atoms with Gasteiger partial charge in [0.15, 0.2) is 6.29 Å². The topological polar surface area (TPSA) is 56.0 Å². The Labute approximate surface area is 114 Å². The predicted molar refractivity (Wildman–Crippen MR) is 73.1 cm³/mol. The quantitative estimate of drug-likeness (QED) is 0.873. The number of nitrogens with two attached hydrogens (primary N) is 1. The van der Waals surface area contributed by atoms with Crippen molar-refractivity contribution in [1.29, 1.82) is 0 Å². The van der Waals surface area contributed by atoms with Gasteiger partial charge in [0.1, 0.15) is 5.03 Å². The highest BCUT2D eigenvalue weighted by molar-refractivity contribution is 7.99. The molecule has 0 saturated heterocycles. The summed E-state index contributed by atoms with van der Waals surface area (Å²) in [5, 5.41) is 1.29. The molecule has 2 rings (SSSR count). The molecule has 2 N–H and O–H groups in total. The first-order chi connectivity index (χ1) is 8.76. The van der Waals surface area contributed by atoms with Crippen LogP contribution in [0.4, 0.5) is 0 Å². The minimum Gasteiger partial charge on any atom is -0.326 e. The average Bonchev–Trinajstić information content (AvgIpc) is 2.40. The van der Waals surface area contributed by atoms with Crippen LogP contribution in [0.1, 0.15) is 15.9 Å². The minimum absolute atomic E-state index is 0.352. The maximum atomic E-state index is 10.9. The van der Waals surface area contributed by atoms with Gasteiger partial charge in [-0.3, -0.25) is 4.79 Å². The van der Waals surface area contributed by atoms with Crippen LogP contribution in [0.25, 0.3) is 0 Å². The molecule has 18 heavy (non-hydrogen) atoms. The van der Waals surface area contributed by atoms with Gasteiger partial charge in [0.25, 0.3) is 0 Å². The van der Waals surface area contributed by atoms with Crippen molar-refractivity contribution in [2.75, 3.05) is 0 Å². The molecule has 0 spiro atoms. The molecule has 2 aromatic rings. The molecule has 0 aliphatic heterocycles. The number of halogens is 1. The fourth-order valence-electron chi connectivity index (χ4n) is 1.51. The first kappa shape index (κ1) is 13.1. The van der Waals surface area contributed by atoms with Gasteiger partial charge in [-0.1, -0.05) is 29.4 Å². The predicted octanol–water partition coefficient (Wildman–Crippen LogP) is 3.16. The Kier molecular flexibility index (Phi) is 4.36. The lowest BCUT2D eigenvalue weighted by Gasteiger charge is -2.09. The number of carbonyl (C=O) groups excluding carboxylic acids is 1. The van der Waals surface area contributed by atoms with Crippen LogP contribution >= 0.6 is 23.4 Å². The van der Waals surface area contributed by atoms with Crippen molar-refractivity contribution in [3.63, 3.8) is 0 Å². The molecule has 92 valence electrons. The molecule has 0 fully saturated rings. The van der Waals surface area contributed by atoms with Crippen molar-refractivity contribution in [3.8, 4) is 0 Å². The van der Waals surface area contributed by atoms with Crippen LogP contribution < -0.4 is 5.73 Å². The number of benzene rings is 1. The zero-order valence-corrected chi connectivity index (χ0v) is 11.0. The summed E-state index contributed by atoms with van der Waals surface area (Å²) in [6.07, 6.45) is 2.45. The van der Waals surface area contributed by atoms with Gasteiger partial charge < -0.3 is 5.73 Å². The van der Waals surface area contributed by atoms with Gasteiger partial charge in [-0.15, -0.1) is 0 Å². The van der Waals surface area contributed by atoms with Crippen LogP contribution in [-0.2, 0) is 6.54 Å². The molecule has 1 aromatic carbocycles. The number of hydrogen-bond acceptors (Lipinski definition) is 4. The van der Waals surface area contributed by atoms with Crippen molar-refractivity contribution in [2.24, 2.45) is 5.73 Å². The van der Waals surface area contributed by atoms with Crippen molar-refractivity contribution >= 4 is 29.6 Å². The SMILES string of the molecule is NCc1c(Cl)cccc1Sc1ncccc1C=O. The number of rotatable bonds is 4. The molecule has 0 saturated carbocycles. The summed E-state index contributed by atoms with van der Waals surface area (Å²) in [6, 6.07) is 9.03. The van der Waals surface area contributed by atoms with E-state index in [1.807, 2.05) is 12.1 Å². The molecular formula is C13H11ClN2OS. The van der Waals surface area contributed by atoms with Crippen LogP contribution in [-0.4, -0.2) is 11.3 Å². The molecule has 0 bridgehead atoms. The van der Waals surface area contributed by atoms with E-state index in [0.29, 0.717) is 22.2 Å². The van der Waals surface area contributed by atoms with Crippen LogP contribution in [0.15, 0.2) is 46.5 Å². The van der Waals surface area contributed by atoms with Crippen LogP contribution in [0.2, 0.25) is 5.02 Å². The smallest absolute Gasteiger partial charge is 0.152 e. The summed E-state index contributed by atoms with van der Waals surface area (Å²) in [5.41, 5.74) is 7.12. The fraction of sp³-hybridized carbons (Fsp3) is 0.0769. The van der Waals surface area contributed by atoms with Gasteiger partial charge >= 0.3 is 0 Å². The molecule has 0 amide bonds.